The first-order chi connectivity index (χ1) is 17.0. The van der Waals surface area contributed by atoms with Crippen LogP contribution in [0.1, 0.15) is 79.1 Å². The molecule has 1 fully saturated rings. The van der Waals surface area contributed by atoms with Gasteiger partial charge in [0.15, 0.2) is 0 Å². The second kappa shape index (κ2) is 31.4. The molecule has 0 unspecified atom stereocenters. The maximum atomic E-state index is 4.98. The van der Waals surface area contributed by atoms with Crippen molar-refractivity contribution in [2.24, 2.45) is 0 Å². The van der Waals surface area contributed by atoms with Gasteiger partial charge >= 0.3 is 33.0 Å². The summed E-state index contributed by atoms with van der Waals surface area (Å²) in [6.07, 6.45) is 9.62. The fourth-order valence-electron chi connectivity index (χ4n) is 3.06. The third-order valence-corrected chi connectivity index (χ3v) is 7.50. The predicted octanol–water partition coefficient (Wildman–Crippen LogP) is 5.70. The molecule has 1 heterocycles. The second-order valence-corrected chi connectivity index (χ2v) is 12.6. The minimum absolute atomic E-state index is 0. The summed E-state index contributed by atoms with van der Waals surface area (Å²) >= 11 is 39.5. The number of piperazine rings is 1. The number of unbranched alkanes of at least 4 members (excludes halogenated alkanes) is 4. The smallest absolute Gasteiger partial charge is 0.411 e. The van der Waals surface area contributed by atoms with Gasteiger partial charge in [-0.05, 0) is 25.7 Å². The number of hydrogen-bond donors (Lipinski definition) is 0. The van der Waals surface area contributed by atoms with E-state index in [-0.39, 0.29) is 33.0 Å². The fraction of sp³-hybridized carbons (Fsp3) is 0.833. The first-order valence-electron chi connectivity index (χ1n) is 12.9. The van der Waals surface area contributed by atoms with Gasteiger partial charge in [-0.3, -0.25) is 0 Å². The Hall–Kier alpha value is 1.43. The van der Waals surface area contributed by atoms with Crippen molar-refractivity contribution in [3.8, 4) is 0 Å². The number of nitrogens with zero attached hydrogens (tertiary/aromatic N) is 4. The topological polar surface area (TPSA) is 13.0 Å². The van der Waals surface area contributed by atoms with E-state index in [1.54, 1.807) is 0 Å². The minimum Gasteiger partial charge on any atom is -0.411 e. The van der Waals surface area contributed by atoms with Crippen LogP contribution < -0.4 is 0 Å². The van der Waals surface area contributed by atoms with Crippen LogP contribution in [0.3, 0.4) is 0 Å². The van der Waals surface area contributed by atoms with E-state index in [1.165, 1.54) is 51.4 Å². The third kappa shape index (κ3) is 26.3. The largest absolute Gasteiger partial charge is 2.00 e. The van der Waals surface area contributed by atoms with Crippen molar-refractivity contribution < 1.29 is 33.0 Å². The van der Waals surface area contributed by atoms with Gasteiger partial charge in [-0.2, -0.15) is 0 Å². The molecule has 0 radical (unpaired) electrons. The van der Waals surface area contributed by atoms with Gasteiger partial charge in [0, 0.05) is 52.4 Å². The molecule has 1 aliphatic rings. The number of rotatable bonds is 12. The van der Waals surface area contributed by atoms with Crippen molar-refractivity contribution in [3.63, 3.8) is 0 Å². The average molecular weight is 763 g/mol. The van der Waals surface area contributed by atoms with Crippen LogP contribution in [0.25, 0.3) is 0 Å². The monoisotopic (exact) mass is 760 g/mol. The molecule has 0 bridgehead atoms. The zero-order valence-corrected chi connectivity index (χ0v) is 31.5. The van der Waals surface area contributed by atoms with Gasteiger partial charge in [0.05, 0.1) is 0 Å². The van der Waals surface area contributed by atoms with E-state index in [4.69, 9.17) is 99.4 Å². The van der Waals surface area contributed by atoms with Crippen LogP contribution in [0.15, 0.2) is 0 Å². The Morgan fingerprint density at radius 1 is 0.526 bits per heavy atom. The molecule has 38 heavy (non-hydrogen) atoms. The predicted molar refractivity (Wildman–Crippen MR) is 186 cm³/mol. The van der Waals surface area contributed by atoms with Crippen LogP contribution in [0.2, 0.25) is 0 Å². The molecule has 0 aromatic rings. The Bertz CT molecular complexity index is 556. The van der Waals surface area contributed by atoms with Crippen molar-refractivity contribution >= 4 is 117 Å². The molecule has 0 amide bonds. The van der Waals surface area contributed by atoms with E-state index in [0.717, 1.165) is 52.4 Å². The zero-order chi connectivity index (χ0) is 27.9. The molecule has 1 aliphatic heterocycles. The second-order valence-electron chi connectivity index (χ2n) is 8.43. The molecule has 0 atom stereocenters. The molecule has 0 saturated carbocycles. The summed E-state index contributed by atoms with van der Waals surface area (Å²) in [6, 6.07) is 0. The molecule has 0 N–H and O–H groups in total. The van der Waals surface area contributed by atoms with E-state index in [0.29, 0.717) is 17.3 Å². The van der Waals surface area contributed by atoms with Gasteiger partial charge < -0.3 is 119 Å². The van der Waals surface area contributed by atoms with Crippen molar-refractivity contribution in [1.82, 2.24) is 19.6 Å². The van der Waals surface area contributed by atoms with Gasteiger partial charge in [-0.1, -0.05) is 70.7 Å². The average Bonchev–Trinajstić information content (AvgIpc) is 2.84. The van der Waals surface area contributed by atoms with Crippen LogP contribution >= 0.6 is 48.9 Å². The standard InChI is InChI=1S/2C9H19NS2.C6H10N2S4.2Ni/c2*1-3-5-7-10(9(11)12)8-6-4-2;9-5(10)7-1-2-8(4-3-7)6(11)12;;/h2*3-8H2,1-2H3,(H,11,12);1-4H2,(H,9,10)(H,11,12);;/q;;;2*+2/p-4. The number of hydrogen-bond acceptors (Lipinski definition) is 8. The van der Waals surface area contributed by atoms with Crippen molar-refractivity contribution in [3.05, 3.63) is 0 Å². The molecular weight excluding hydrogens is 718 g/mol. The molecule has 0 aromatic carbocycles. The summed E-state index contributed by atoms with van der Waals surface area (Å²) in [5.41, 5.74) is 0. The van der Waals surface area contributed by atoms with Gasteiger partial charge in [0.25, 0.3) is 0 Å². The normalized spacial score (nSPS) is 11.8. The first-order valence-corrected chi connectivity index (χ1v) is 16.2. The summed E-state index contributed by atoms with van der Waals surface area (Å²) in [5.74, 6) is 0. The van der Waals surface area contributed by atoms with Gasteiger partial charge in [-0.15, -0.1) is 0 Å². The molecule has 4 nitrogen and oxygen atoms in total. The molecule has 0 aromatic heterocycles. The van der Waals surface area contributed by atoms with Gasteiger partial charge in [-0.25, -0.2) is 0 Å². The van der Waals surface area contributed by atoms with E-state index >= 15 is 0 Å². The molecule has 228 valence electrons. The summed E-state index contributed by atoms with van der Waals surface area (Å²) in [4.78, 5) is 8.26. The Labute approximate surface area is 297 Å². The minimum atomic E-state index is 0. The SMILES string of the molecule is CCCCN(CCCC)C(=S)[S-].CCCCN(CCCC)C(=S)[S-].S=C([S-])N1CCN(C(=S)[S-])CC1.[Ni+2].[Ni+2]. The van der Waals surface area contributed by atoms with E-state index in [2.05, 4.69) is 37.5 Å². The Balaban J connectivity index is -0.000000222. The molecule has 0 spiro atoms. The Kier molecular flexibility index (Phi) is 38.3. The van der Waals surface area contributed by atoms with Crippen molar-refractivity contribution in [2.75, 3.05) is 52.4 Å². The summed E-state index contributed by atoms with van der Waals surface area (Å²) in [5, 5.41) is 0. The number of thiocarbonyl (C=S) groups is 4. The van der Waals surface area contributed by atoms with Crippen LogP contribution in [0.4, 0.5) is 0 Å². The molecule has 1 saturated heterocycles. The maximum Gasteiger partial charge on any atom is 2.00 e. The van der Waals surface area contributed by atoms with Crippen molar-refractivity contribution in [1.29, 1.82) is 0 Å². The summed E-state index contributed by atoms with van der Waals surface area (Å²) < 4.78 is 2.36. The first kappa shape index (κ1) is 46.4. The van der Waals surface area contributed by atoms with Crippen LogP contribution in [-0.4, -0.2) is 89.2 Å². The van der Waals surface area contributed by atoms with E-state index < -0.39 is 0 Å². The van der Waals surface area contributed by atoms with Crippen molar-refractivity contribution in [2.45, 2.75) is 79.1 Å². The van der Waals surface area contributed by atoms with Crippen LogP contribution in [-0.2, 0) is 83.5 Å². The van der Waals surface area contributed by atoms with E-state index in [1.807, 2.05) is 9.80 Å². The third-order valence-electron chi connectivity index (χ3n) is 5.44. The fourth-order valence-corrected chi connectivity index (χ4v) is 4.52. The van der Waals surface area contributed by atoms with Gasteiger partial charge in [0.2, 0.25) is 0 Å². The Morgan fingerprint density at radius 3 is 0.868 bits per heavy atom. The molecular formula is C24H44N4Ni2S8. The zero-order valence-electron chi connectivity index (χ0n) is 23.0. The van der Waals surface area contributed by atoms with Crippen LogP contribution in [0.5, 0.6) is 0 Å². The van der Waals surface area contributed by atoms with E-state index in [9.17, 15) is 0 Å². The molecule has 14 heteroatoms. The van der Waals surface area contributed by atoms with Crippen LogP contribution in [0, 0.1) is 0 Å². The maximum absolute atomic E-state index is 4.98. The van der Waals surface area contributed by atoms with Gasteiger partial charge in [0.1, 0.15) is 0 Å². The summed E-state index contributed by atoms with van der Waals surface area (Å²) in [6.45, 7) is 16.3. The quantitative estimate of drug-likeness (QED) is 0.138. The summed E-state index contributed by atoms with van der Waals surface area (Å²) in [7, 11) is 0. The Morgan fingerprint density at radius 2 is 0.737 bits per heavy atom. The molecule has 0 aliphatic carbocycles. The molecule has 1 rings (SSSR count).